The molecule has 1 aromatic carbocycles. The molecule has 1 fully saturated rings. The molecule has 0 amide bonds. The summed E-state index contributed by atoms with van der Waals surface area (Å²) < 4.78 is 37.8. The molecule has 2 rings (SSSR count). The smallest absolute Gasteiger partial charge is 0.303 e. The maximum absolute atomic E-state index is 11.9. The summed E-state index contributed by atoms with van der Waals surface area (Å²) in [7, 11) is 0. The maximum Gasteiger partial charge on any atom is 0.303 e. The number of rotatable bonds is 10. The molecular formula is C24H30O12. The van der Waals surface area contributed by atoms with Crippen LogP contribution in [0, 0.1) is 0 Å². The molecule has 1 aliphatic heterocycles. The van der Waals surface area contributed by atoms with Gasteiger partial charge in [-0.2, -0.15) is 0 Å². The highest BCUT2D eigenvalue weighted by Gasteiger charge is 2.53. The SMILES string of the molecule is CC(=O)OCCc1ccc(O[C@@H]2O[C@H](COC(C)=O)[C@@H](OC(C)=O)[C@H](OC(C)=O)[C@H]2OC(C)=O)cc1. The van der Waals surface area contributed by atoms with Crippen molar-refractivity contribution in [2.75, 3.05) is 13.2 Å². The Kier molecular flexibility index (Phi) is 10.7. The molecule has 12 nitrogen and oxygen atoms in total. The first-order chi connectivity index (χ1) is 17.0. The minimum absolute atomic E-state index is 0.217. The highest BCUT2D eigenvalue weighted by Crippen LogP contribution is 2.31. The molecule has 1 heterocycles. The predicted molar refractivity (Wildman–Crippen MR) is 119 cm³/mol. The molecule has 0 saturated carbocycles. The third-order valence-electron chi connectivity index (χ3n) is 4.82. The van der Waals surface area contributed by atoms with Crippen molar-refractivity contribution >= 4 is 29.8 Å². The lowest BCUT2D eigenvalue weighted by Gasteiger charge is -2.43. The van der Waals surface area contributed by atoms with Crippen LogP contribution in [0.2, 0.25) is 0 Å². The van der Waals surface area contributed by atoms with Crippen molar-refractivity contribution in [1.82, 2.24) is 0 Å². The highest BCUT2D eigenvalue weighted by atomic mass is 16.7. The van der Waals surface area contributed by atoms with Crippen LogP contribution in [0.5, 0.6) is 5.75 Å². The average Bonchev–Trinajstić information content (AvgIpc) is 2.76. The van der Waals surface area contributed by atoms with Crippen molar-refractivity contribution in [3.05, 3.63) is 29.8 Å². The first-order valence-electron chi connectivity index (χ1n) is 11.2. The zero-order valence-corrected chi connectivity index (χ0v) is 20.7. The van der Waals surface area contributed by atoms with Crippen LogP contribution in [0.15, 0.2) is 24.3 Å². The van der Waals surface area contributed by atoms with E-state index in [-0.39, 0.29) is 19.2 Å². The summed E-state index contributed by atoms with van der Waals surface area (Å²) in [5, 5.41) is 0. The predicted octanol–water partition coefficient (Wildman–Crippen LogP) is 1.25. The number of esters is 5. The van der Waals surface area contributed by atoms with Crippen LogP contribution in [-0.2, 0) is 58.8 Å². The lowest BCUT2D eigenvalue weighted by Crippen LogP contribution is -2.63. The van der Waals surface area contributed by atoms with Crippen LogP contribution in [0.3, 0.4) is 0 Å². The van der Waals surface area contributed by atoms with Gasteiger partial charge in [-0.25, -0.2) is 0 Å². The monoisotopic (exact) mass is 510 g/mol. The molecule has 12 heteroatoms. The van der Waals surface area contributed by atoms with Gasteiger partial charge in [-0.15, -0.1) is 0 Å². The average molecular weight is 510 g/mol. The van der Waals surface area contributed by atoms with E-state index in [2.05, 4.69) is 0 Å². The van der Waals surface area contributed by atoms with Gasteiger partial charge in [-0.1, -0.05) is 12.1 Å². The fourth-order valence-corrected chi connectivity index (χ4v) is 3.47. The van der Waals surface area contributed by atoms with E-state index in [1.807, 2.05) is 0 Å². The van der Waals surface area contributed by atoms with Gasteiger partial charge in [-0.3, -0.25) is 24.0 Å². The van der Waals surface area contributed by atoms with Gasteiger partial charge in [-0.05, 0) is 17.7 Å². The highest BCUT2D eigenvalue weighted by molar-refractivity contribution is 5.69. The van der Waals surface area contributed by atoms with Gasteiger partial charge in [0.05, 0.1) is 6.61 Å². The topological polar surface area (TPSA) is 150 Å². The summed E-state index contributed by atoms with van der Waals surface area (Å²) in [5.74, 6) is -2.87. The number of benzene rings is 1. The Hall–Kier alpha value is -3.67. The van der Waals surface area contributed by atoms with E-state index in [0.29, 0.717) is 12.2 Å². The van der Waals surface area contributed by atoms with Crippen LogP contribution in [0.25, 0.3) is 0 Å². The Morgan fingerprint density at radius 1 is 0.694 bits per heavy atom. The van der Waals surface area contributed by atoms with Gasteiger partial charge in [0.15, 0.2) is 12.2 Å². The van der Waals surface area contributed by atoms with Crippen molar-refractivity contribution in [2.24, 2.45) is 0 Å². The quantitative estimate of drug-likeness (QED) is 0.329. The summed E-state index contributed by atoms with van der Waals surface area (Å²) in [5.41, 5.74) is 0.866. The van der Waals surface area contributed by atoms with Crippen LogP contribution in [0.1, 0.15) is 40.2 Å². The van der Waals surface area contributed by atoms with Gasteiger partial charge < -0.3 is 33.2 Å². The Balaban J connectivity index is 2.32. The van der Waals surface area contributed by atoms with Crippen molar-refractivity contribution in [3.63, 3.8) is 0 Å². The molecule has 0 spiro atoms. The first-order valence-corrected chi connectivity index (χ1v) is 11.2. The number of carbonyl (C=O) groups excluding carboxylic acids is 5. The van der Waals surface area contributed by atoms with Crippen molar-refractivity contribution in [3.8, 4) is 5.75 Å². The van der Waals surface area contributed by atoms with E-state index in [9.17, 15) is 24.0 Å². The second-order valence-corrected chi connectivity index (χ2v) is 7.92. The van der Waals surface area contributed by atoms with E-state index < -0.39 is 54.6 Å². The summed E-state index contributed by atoms with van der Waals surface area (Å²) in [6.45, 7) is 5.79. The molecule has 0 aliphatic carbocycles. The standard InChI is InChI=1S/C24H30O12/c1-13(25)30-11-10-18-6-8-19(9-7-18)35-24-23(34-17(5)29)22(33-16(4)28)21(32-15(3)27)20(36-24)12-31-14(2)26/h6-9,20-24H,10-12H2,1-5H3/t20-,21-,22+,23-,24-/m1/s1. The summed E-state index contributed by atoms with van der Waals surface area (Å²) >= 11 is 0. The molecule has 0 bridgehead atoms. The second kappa shape index (κ2) is 13.4. The molecule has 0 radical (unpaired) electrons. The van der Waals surface area contributed by atoms with E-state index in [1.54, 1.807) is 24.3 Å². The minimum Gasteiger partial charge on any atom is -0.466 e. The molecule has 1 saturated heterocycles. The molecule has 0 unspecified atom stereocenters. The maximum atomic E-state index is 11.9. The van der Waals surface area contributed by atoms with Gasteiger partial charge in [0.1, 0.15) is 18.5 Å². The lowest BCUT2D eigenvalue weighted by atomic mass is 9.98. The van der Waals surface area contributed by atoms with Gasteiger partial charge in [0, 0.05) is 41.0 Å². The second-order valence-electron chi connectivity index (χ2n) is 7.92. The van der Waals surface area contributed by atoms with Crippen molar-refractivity contribution < 1.29 is 57.1 Å². The van der Waals surface area contributed by atoms with Crippen LogP contribution < -0.4 is 4.74 Å². The zero-order valence-electron chi connectivity index (χ0n) is 20.7. The molecule has 0 aromatic heterocycles. The molecule has 36 heavy (non-hydrogen) atoms. The molecule has 1 aliphatic rings. The number of hydrogen-bond acceptors (Lipinski definition) is 12. The Morgan fingerprint density at radius 3 is 1.75 bits per heavy atom. The third-order valence-corrected chi connectivity index (χ3v) is 4.82. The number of hydrogen-bond donors (Lipinski definition) is 0. The third kappa shape index (κ3) is 9.17. The minimum atomic E-state index is -1.33. The van der Waals surface area contributed by atoms with E-state index >= 15 is 0 Å². The summed E-state index contributed by atoms with van der Waals surface area (Å²) in [6.07, 6.45) is -5.86. The zero-order chi connectivity index (χ0) is 26.8. The summed E-state index contributed by atoms with van der Waals surface area (Å²) in [6, 6.07) is 6.73. The fraction of sp³-hybridized carbons (Fsp3) is 0.542. The molecule has 5 atom stereocenters. The van der Waals surface area contributed by atoms with Crippen LogP contribution >= 0.6 is 0 Å². The molecule has 198 valence electrons. The Labute approximate surface area is 208 Å². The summed E-state index contributed by atoms with van der Waals surface area (Å²) in [4.78, 5) is 57.9. The number of carbonyl (C=O) groups is 5. The molecule has 1 aromatic rings. The number of ether oxygens (including phenoxy) is 7. The van der Waals surface area contributed by atoms with E-state index in [4.69, 9.17) is 33.2 Å². The first kappa shape index (κ1) is 28.6. The van der Waals surface area contributed by atoms with E-state index in [0.717, 1.165) is 26.3 Å². The fourth-order valence-electron chi connectivity index (χ4n) is 3.47. The van der Waals surface area contributed by atoms with Gasteiger partial charge in [0.25, 0.3) is 0 Å². The largest absolute Gasteiger partial charge is 0.466 e. The Bertz CT molecular complexity index is 941. The molecular weight excluding hydrogens is 480 g/mol. The van der Waals surface area contributed by atoms with Gasteiger partial charge >= 0.3 is 29.8 Å². The van der Waals surface area contributed by atoms with Crippen molar-refractivity contribution in [1.29, 1.82) is 0 Å². The molecule has 0 N–H and O–H groups in total. The lowest BCUT2D eigenvalue weighted by molar-refractivity contribution is -0.288. The van der Waals surface area contributed by atoms with Crippen LogP contribution in [0.4, 0.5) is 0 Å². The van der Waals surface area contributed by atoms with Gasteiger partial charge in [0.2, 0.25) is 12.4 Å². The normalized spacial score (nSPS) is 23.1. The van der Waals surface area contributed by atoms with E-state index in [1.165, 1.54) is 13.8 Å². The van der Waals surface area contributed by atoms with Crippen molar-refractivity contribution in [2.45, 2.75) is 71.7 Å². The van der Waals surface area contributed by atoms with Crippen LogP contribution in [-0.4, -0.2) is 73.8 Å². The Morgan fingerprint density at radius 2 is 1.22 bits per heavy atom.